The van der Waals surface area contributed by atoms with Gasteiger partial charge < -0.3 is 10.5 Å². The molecule has 0 aliphatic heterocycles. The zero-order chi connectivity index (χ0) is 14.7. The molecular weight excluding hydrogens is 345 g/mol. The van der Waals surface area contributed by atoms with Crippen LogP contribution in [0.5, 0.6) is 5.75 Å². The number of nitrogens with two attached hydrogens (primary N) is 1. The molecule has 20 heavy (non-hydrogen) atoms. The number of halogens is 2. The van der Waals surface area contributed by atoms with Crippen LogP contribution < -0.4 is 10.5 Å². The van der Waals surface area contributed by atoms with Crippen molar-refractivity contribution in [3.63, 3.8) is 0 Å². The Morgan fingerprint density at radius 1 is 1.30 bits per heavy atom. The Bertz CT molecular complexity index is 664. The maximum absolute atomic E-state index is 13.6. The fourth-order valence-corrected chi connectivity index (χ4v) is 3.47. The second kappa shape index (κ2) is 6.37. The van der Waals surface area contributed by atoms with Crippen LogP contribution in [0.3, 0.4) is 0 Å². The molecule has 106 valence electrons. The maximum Gasteiger partial charge on any atom is 0.165 e. The van der Waals surface area contributed by atoms with Crippen molar-refractivity contribution in [2.75, 3.05) is 12.8 Å². The molecule has 0 bridgehead atoms. The Balaban J connectivity index is 2.23. The number of anilines is 1. The molecule has 0 saturated heterocycles. The number of nitrogen functional groups attached to an aromatic ring is 1. The molecule has 2 aromatic carbocycles. The van der Waals surface area contributed by atoms with E-state index in [2.05, 4.69) is 15.9 Å². The molecular formula is C14H13BrFNO2S. The summed E-state index contributed by atoms with van der Waals surface area (Å²) < 4.78 is 31.5. The lowest BCUT2D eigenvalue weighted by atomic mass is 10.2. The summed E-state index contributed by atoms with van der Waals surface area (Å²) in [5, 5.41) is 0. The highest BCUT2D eigenvalue weighted by atomic mass is 79.9. The first kappa shape index (κ1) is 15.0. The molecule has 0 fully saturated rings. The highest BCUT2D eigenvalue weighted by molar-refractivity contribution is 9.10. The van der Waals surface area contributed by atoms with Crippen LogP contribution in [-0.2, 0) is 16.6 Å². The molecule has 1 atom stereocenters. The number of rotatable bonds is 4. The highest BCUT2D eigenvalue weighted by Gasteiger charge is 2.11. The molecule has 0 radical (unpaired) electrons. The molecule has 6 heteroatoms. The van der Waals surface area contributed by atoms with Crippen LogP contribution in [0.4, 0.5) is 10.1 Å². The van der Waals surface area contributed by atoms with Crippen molar-refractivity contribution in [2.45, 2.75) is 10.6 Å². The molecule has 2 rings (SSSR count). The van der Waals surface area contributed by atoms with E-state index in [-0.39, 0.29) is 11.5 Å². The van der Waals surface area contributed by atoms with Gasteiger partial charge in [-0.2, -0.15) is 0 Å². The predicted molar refractivity (Wildman–Crippen MR) is 81.6 cm³/mol. The first-order valence-electron chi connectivity index (χ1n) is 5.77. The van der Waals surface area contributed by atoms with E-state index in [4.69, 9.17) is 10.5 Å². The summed E-state index contributed by atoms with van der Waals surface area (Å²) in [6, 6.07) is 9.71. The molecule has 0 spiro atoms. The lowest BCUT2D eigenvalue weighted by Crippen LogP contribution is -2.01. The van der Waals surface area contributed by atoms with Crippen LogP contribution in [0.25, 0.3) is 0 Å². The zero-order valence-electron chi connectivity index (χ0n) is 10.7. The minimum absolute atomic E-state index is 0.168. The van der Waals surface area contributed by atoms with Crippen molar-refractivity contribution < 1.29 is 13.3 Å². The predicted octanol–water partition coefficient (Wildman–Crippen LogP) is 3.49. The van der Waals surface area contributed by atoms with Crippen LogP contribution in [0.15, 0.2) is 45.8 Å². The number of methoxy groups -OCH3 is 1. The Morgan fingerprint density at radius 2 is 2.05 bits per heavy atom. The van der Waals surface area contributed by atoms with Crippen molar-refractivity contribution >= 4 is 32.4 Å². The van der Waals surface area contributed by atoms with Crippen molar-refractivity contribution in [1.29, 1.82) is 0 Å². The van der Waals surface area contributed by atoms with Gasteiger partial charge >= 0.3 is 0 Å². The van der Waals surface area contributed by atoms with E-state index in [0.717, 1.165) is 4.47 Å². The first-order chi connectivity index (χ1) is 9.51. The SMILES string of the molecule is COc1ccc(CS(=O)c2cc(Br)ccc2N)cc1F. The number of hydrogen-bond acceptors (Lipinski definition) is 3. The molecule has 0 aromatic heterocycles. The topological polar surface area (TPSA) is 52.3 Å². The maximum atomic E-state index is 13.6. The second-order valence-electron chi connectivity index (χ2n) is 4.14. The Morgan fingerprint density at radius 3 is 2.70 bits per heavy atom. The smallest absolute Gasteiger partial charge is 0.165 e. The number of benzene rings is 2. The quantitative estimate of drug-likeness (QED) is 0.852. The summed E-state index contributed by atoms with van der Waals surface area (Å²) in [5.74, 6) is -0.104. The van der Waals surface area contributed by atoms with Crippen molar-refractivity contribution in [2.24, 2.45) is 0 Å². The summed E-state index contributed by atoms with van der Waals surface area (Å²) in [4.78, 5) is 0.538. The molecule has 0 heterocycles. The lowest BCUT2D eigenvalue weighted by molar-refractivity contribution is 0.386. The van der Waals surface area contributed by atoms with Gasteiger partial charge in [-0.3, -0.25) is 4.21 Å². The van der Waals surface area contributed by atoms with E-state index in [1.807, 2.05) is 0 Å². The fraction of sp³-hybridized carbons (Fsp3) is 0.143. The average Bonchev–Trinajstić information content (AvgIpc) is 2.41. The first-order valence-corrected chi connectivity index (χ1v) is 7.88. The van der Waals surface area contributed by atoms with Crippen LogP contribution in [-0.4, -0.2) is 11.3 Å². The number of ether oxygens (including phenoxy) is 1. The van der Waals surface area contributed by atoms with Gasteiger partial charge in [-0.25, -0.2) is 4.39 Å². The van der Waals surface area contributed by atoms with Gasteiger partial charge in [0, 0.05) is 10.2 Å². The van der Waals surface area contributed by atoms with Gasteiger partial charge in [0.1, 0.15) is 0 Å². The second-order valence-corrected chi connectivity index (χ2v) is 6.48. The van der Waals surface area contributed by atoms with E-state index in [9.17, 15) is 8.60 Å². The van der Waals surface area contributed by atoms with Gasteiger partial charge in [0.25, 0.3) is 0 Å². The third-order valence-corrected chi connectivity index (χ3v) is 4.67. The Labute approximate surface area is 127 Å². The van der Waals surface area contributed by atoms with E-state index < -0.39 is 16.6 Å². The standard InChI is InChI=1S/C14H13BrFNO2S/c1-19-13-5-2-9(6-11(13)16)8-20(18)14-7-10(15)3-4-12(14)17/h2-7H,8,17H2,1H3. The zero-order valence-corrected chi connectivity index (χ0v) is 13.1. The third-order valence-electron chi connectivity index (χ3n) is 2.73. The molecule has 3 nitrogen and oxygen atoms in total. The van der Waals surface area contributed by atoms with Crippen LogP contribution in [0.2, 0.25) is 0 Å². The monoisotopic (exact) mass is 357 g/mol. The molecule has 0 aliphatic carbocycles. The molecule has 0 amide bonds. The molecule has 2 aromatic rings. The summed E-state index contributed by atoms with van der Waals surface area (Å²) in [7, 11) is 0.0657. The minimum atomic E-state index is -1.34. The molecule has 0 saturated carbocycles. The van der Waals surface area contributed by atoms with E-state index in [1.54, 1.807) is 24.3 Å². The normalized spacial score (nSPS) is 12.2. The summed E-state index contributed by atoms with van der Waals surface area (Å²) in [6.45, 7) is 0. The fourth-order valence-electron chi connectivity index (χ4n) is 1.73. The molecule has 1 unspecified atom stereocenters. The van der Waals surface area contributed by atoms with Gasteiger partial charge in [-0.05, 0) is 35.9 Å². The van der Waals surface area contributed by atoms with Crippen molar-refractivity contribution in [1.82, 2.24) is 0 Å². The lowest BCUT2D eigenvalue weighted by Gasteiger charge is -2.08. The van der Waals surface area contributed by atoms with Crippen LogP contribution in [0, 0.1) is 5.82 Å². The highest BCUT2D eigenvalue weighted by Crippen LogP contribution is 2.25. The van der Waals surface area contributed by atoms with Gasteiger partial charge in [0.2, 0.25) is 0 Å². The summed E-state index contributed by atoms with van der Waals surface area (Å²) >= 11 is 3.31. The Kier molecular flexibility index (Phi) is 4.77. The Hall–Kier alpha value is -1.40. The van der Waals surface area contributed by atoms with Crippen molar-refractivity contribution in [3.8, 4) is 5.75 Å². The van der Waals surface area contributed by atoms with E-state index in [1.165, 1.54) is 19.2 Å². The average molecular weight is 358 g/mol. The molecule has 0 aliphatic rings. The van der Waals surface area contributed by atoms with Crippen LogP contribution in [0.1, 0.15) is 5.56 Å². The van der Waals surface area contributed by atoms with Gasteiger partial charge in [0.15, 0.2) is 11.6 Å². The number of hydrogen-bond donors (Lipinski definition) is 1. The van der Waals surface area contributed by atoms with Gasteiger partial charge in [0.05, 0.1) is 28.6 Å². The largest absolute Gasteiger partial charge is 0.494 e. The van der Waals surface area contributed by atoms with E-state index >= 15 is 0 Å². The van der Waals surface area contributed by atoms with E-state index in [0.29, 0.717) is 16.1 Å². The third kappa shape index (κ3) is 3.37. The van der Waals surface area contributed by atoms with Gasteiger partial charge in [-0.1, -0.05) is 22.0 Å². The summed E-state index contributed by atoms with van der Waals surface area (Å²) in [6.07, 6.45) is 0. The van der Waals surface area contributed by atoms with Crippen molar-refractivity contribution in [3.05, 3.63) is 52.3 Å². The van der Waals surface area contributed by atoms with Gasteiger partial charge in [-0.15, -0.1) is 0 Å². The van der Waals surface area contributed by atoms with Crippen LogP contribution >= 0.6 is 15.9 Å². The minimum Gasteiger partial charge on any atom is -0.494 e. The summed E-state index contributed by atoms with van der Waals surface area (Å²) in [5.41, 5.74) is 6.90. The molecule has 2 N–H and O–H groups in total.